The molecule has 0 fully saturated rings. The van der Waals surface area contributed by atoms with Gasteiger partial charge in [0.25, 0.3) is 0 Å². The molecule has 0 N–H and O–H groups in total. The zero-order valence-electron chi connectivity index (χ0n) is 14.9. The average Bonchev–Trinajstić information content (AvgIpc) is 3.26. The van der Waals surface area contributed by atoms with Crippen molar-refractivity contribution < 1.29 is 0 Å². The zero-order valence-corrected chi connectivity index (χ0v) is 16.5. The molecule has 0 saturated carbocycles. The molecule has 0 radical (unpaired) electrons. The van der Waals surface area contributed by atoms with E-state index in [9.17, 15) is 0 Å². The topological polar surface area (TPSA) is 16.1 Å². The maximum atomic E-state index is 4.57. The van der Waals surface area contributed by atoms with Crippen LogP contribution < -0.4 is 0 Å². The predicted octanol–water partition coefficient (Wildman–Crippen LogP) is 5.91. The van der Waals surface area contributed by atoms with Crippen molar-refractivity contribution in [1.82, 2.24) is 9.88 Å². The molecule has 0 spiro atoms. The summed E-state index contributed by atoms with van der Waals surface area (Å²) in [6.45, 7) is 4.20. The molecule has 3 heterocycles. The smallest absolute Gasteiger partial charge is 0.123 e. The summed E-state index contributed by atoms with van der Waals surface area (Å²) in [5.74, 6) is 0.452. The Labute approximate surface area is 161 Å². The Bertz CT molecular complexity index is 1060. The van der Waals surface area contributed by atoms with E-state index in [2.05, 4.69) is 72.4 Å². The summed E-state index contributed by atoms with van der Waals surface area (Å²) in [4.78, 5) is 9.74. The lowest BCUT2D eigenvalue weighted by atomic mass is 9.87. The molecule has 5 rings (SSSR count). The number of thiazole rings is 1. The summed E-state index contributed by atoms with van der Waals surface area (Å²) in [5, 5.41) is 2.48. The van der Waals surface area contributed by atoms with Crippen molar-refractivity contribution in [2.24, 2.45) is 0 Å². The first-order valence-electron chi connectivity index (χ1n) is 8.90. The monoisotopic (exact) mass is 376 g/mol. The van der Waals surface area contributed by atoms with Gasteiger partial charge in [-0.3, -0.25) is 0 Å². The van der Waals surface area contributed by atoms with Crippen LogP contribution in [-0.2, 0) is 6.54 Å². The number of thiophene rings is 1. The number of benzene rings is 2. The maximum absolute atomic E-state index is 4.57. The van der Waals surface area contributed by atoms with Gasteiger partial charge in [-0.15, -0.1) is 22.7 Å². The van der Waals surface area contributed by atoms with E-state index in [-0.39, 0.29) is 0 Å². The third-order valence-corrected chi connectivity index (χ3v) is 7.30. The Morgan fingerprint density at radius 1 is 1.08 bits per heavy atom. The number of fused-ring (bicyclic) bond motifs is 2. The molecule has 0 bridgehead atoms. The summed E-state index contributed by atoms with van der Waals surface area (Å²) >= 11 is 3.71. The van der Waals surface area contributed by atoms with Crippen molar-refractivity contribution in [2.75, 3.05) is 13.6 Å². The Hall–Kier alpha value is -2.01. The van der Waals surface area contributed by atoms with Crippen LogP contribution in [0.25, 0.3) is 20.7 Å². The first-order chi connectivity index (χ1) is 12.7. The highest BCUT2D eigenvalue weighted by Gasteiger charge is 2.26. The van der Waals surface area contributed by atoms with Crippen molar-refractivity contribution in [1.29, 1.82) is 0 Å². The van der Waals surface area contributed by atoms with Crippen LogP contribution in [0, 0.1) is 6.92 Å². The lowest BCUT2D eigenvalue weighted by molar-refractivity contribution is 0.296. The standard InChI is InChI=1S/C22H20N2S2/c1-14-11-23-22(25-14)16-7-8-18-17(9-16)12-24(2)13-19(18)21-10-15-5-3-4-6-20(15)26-21/h3-11,19H,12-13H2,1-2H3. The van der Waals surface area contributed by atoms with Gasteiger partial charge in [-0.05, 0) is 48.7 Å². The highest BCUT2D eigenvalue weighted by Crippen LogP contribution is 2.40. The first kappa shape index (κ1) is 16.2. The van der Waals surface area contributed by atoms with Crippen molar-refractivity contribution >= 4 is 32.8 Å². The minimum atomic E-state index is 0.452. The van der Waals surface area contributed by atoms with Crippen LogP contribution >= 0.6 is 22.7 Å². The van der Waals surface area contributed by atoms with Gasteiger partial charge in [0, 0.05) is 45.2 Å². The molecule has 4 heteroatoms. The van der Waals surface area contributed by atoms with Crippen molar-refractivity contribution in [2.45, 2.75) is 19.4 Å². The normalized spacial score (nSPS) is 17.5. The Kier molecular flexibility index (Phi) is 3.92. The Morgan fingerprint density at radius 2 is 1.96 bits per heavy atom. The quantitative estimate of drug-likeness (QED) is 0.432. The van der Waals surface area contributed by atoms with E-state index < -0.39 is 0 Å². The van der Waals surface area contributed by atoms with Crippen LogP contribution in [0.2, 0.25) is 0 Å². The number of likely N-dealkylation sites (N-methyl/N-ethyl adjacent to an activating group) is 1. The van der Waals surface area contributed by atoms with Crippen LogP contribution in [-0.4, -0.2) is 23.5 Å². The van der Waals surface area contributed by atoms with Gasteiger partial charge >= 0.3 is 0 Å². The van der Waals surface area contributed by atoms with Crippen molar-refractivity contribution in [3.63, 3.8) is 0 Å². The van der Waals surface area contributed by atoms with Crippen LogP contribution in [0.5, 0.6) is 0 Å². The van der Waals surface area contributed by atoms with E-state index in [0.717, 1.165) is 18.1 Å². The fourth-order valence-electron chi connectivity index (χ4n) is 3.89. The van der Waals surface area contributed by atoms with E-state index in [1.165, 1.54) is 36.5 Å². The first-order valence-corrected chi connectivity index (χ1v) is 10.5. The molecule has 0 saturated heterocycles. The molecule has 1 aliphatic heterocycles. The number of nitrogens with zero attached hydrogens (tertiary/aromatic N) is 2. The van der Waals surface area contributed by atoms with Gasteiger partial charge in [0.1, 0.15) is 5.01 Å². The molecule has 2 aromatic heterocycles. The molecule has 130 valence electrons. The molecule has 4 aromatic rings. The summed E-state index contributed by atoms with van der Waals surface area (Å²) < 4.78 is 1.38. The molecular weight excluding hydrogens is 356 g/mol. The van der Waals surface area contributed by atoms with Crippen LogP contribution in [0.3, 0.4) is 0 Å². The number of aromatic nitrogens is 1. The molecule has 1 aliphatic rings. The number of aryl methyl sites for hydroxylation is 1. The van der Waals surface area contributed by atoms with Crippen LogP contribution in [0.4, 0.5) is 0 Å². The van der Waals surface area contributed by atoms with Gasteiger partial charge in [0.05, 0.1) is 0 Å². The van der Waals surface area contributed by atoms with E-state index in [1.54, 1.807) is 11.3 Å². The Balaban J connectivity index is 1.59. The van der Waals surface area contributed by atoms with Crippen molar-refractivity contribution in [3.05, 3.63) is 75.6 Å². The minimum Gasteiger partial charge on any atom is -0.301 e. The molecule has 0 amide bonds. The molecule has 1 atom stereocenters. The zero-order chi connectivity index (χ0) is 17.7. The summed E-state index contributed by atoms with van der Waals surface area (Å²) in [5.41, 5.74) is 4.16. The Morgan fingerprint density at radius 3 is 2.77 bits per heavy atom. The third-order valence-electron chi connectivity index (χ3n) is 5.11. The molecule has 1 unspecified atom stereocenters. The summed E-state index contributed by atoms with van der Waals surface area (Å²) in [6, 6.07) is 18.0. The predicted molar refractivity (Wildman–Crippen MR) is 112 cm³/mol. The van der Waals surface area contributed by atoms with Gasteiger partial charge in [-0.2, -0.15) is 0 Å². The minimum absolute atomic E-state index is 0.452. The van der Waals surface area contributed by atoms with Gasteiger partial charge in [-0.25, -0.2) is 4.98 Å². The maximum Gasteiger partial charge on any atom is 0.123 e. The second-order valence-electron chi connectivity index (χ2n) is 7.13. The SMILES string of the molecule is Cc1cnc(-c2ccc3c(c2)CN(C)CC3c2cc3ccccc3s2)s1. The fraction of sp³-hybridized carbons (Fsp3) is 0.227. The average molecular weight is 377 g/mol. The van der Waals surface area contributed by atoms with E-state index in [0.29, 0.717) is 5.92 Å². The lowest BCUT2D eigenvalue weighted by Gasteiger charge is -2.32. The third kappa shape index (κ3) is 2.78. The van der Waals surface area contributed by atoms with Crippen LogP contribution in [0.1, 0.15) is 26.8 Å². The lowest BCUT2D eigenvalue weighted by Crippen LogP contribution is -2.30. The van der Waals surface area contributed by atoms with Gasteiger partial charge in [0.2, 0.25) is 0 Å². The molecule has 2 aromatic carbocycles. The second kappa shape index (κ2) is 6.31. The van der Waals surface area contributed by atoms with E-state index in [1.807, 2.05) is 17.5 Å². The number of hydrogen-bond acceptors (Lipinski definition) is 4. The molecule has 2 nitrogen and oxygen atoms in total. The summed E-state index contributed by atoms with van der Waals surface area (Å²) in [7, 11) is 2.23. The van der Waals surface area contributed by atoms with Gasteiger partial charge in [0.15, 0.2) is 0 Å². The van der Waals surface area contributed by atoms with Gasteiger partial charge < -0.3 is 4.90 Å². The van der Waals surface area contributed by atoms with Gasteiger partial charge in [-0.1, -0.05) is 30.3 Å². The molecule has 26 heavy (non-hydrogen) atoms. The largest absolute Gasteiger partial charge is 0.301 e. The van der Waals surface area contributed by atoms with E-state index in [4.69, 9.17) is 0 Å². The summed E-state index contributed by atoms with van der Waals surface area (Å²) in [6.07, 6.45) is 1.96. The highest BCUT2D eigenvalue weighted by atomic mass is 32.1. The van der Waals surface area contributed by atoms with Crippen molar-refractivity contribution in [3.8, 4) is 10.6 Å². The fourth-order valence-corrected chi connectivity index (χ4v) is 5.82. The highest BCUT2D eigenvalue weighted by molar-refractivity contribution is 7.19. The molecular formula is C22H20N2S2. The van der Waals surface area contributed by atoms with E-state index >= 15 is 0 Å². The number of rotatable bonds is 2. The second-order valence-corrected chi connectivity index (χ2v) is 9.48. The van der Waals surface area contributed by atoms with Crippen LogP contribution in [0.15, 0.2) is 54.7 Å². The molecule has 0 aliphatic carbocycles. The number of hydrogen-bond donors (Lipinski definition) is 0.